The van der Waals surface area contributed by atoms with Gasteiger partial charge >= 0.3 is 12.0 Å². The molecule has 0 saturated carbocycles. The molecule has 0 spiro atoms. The summed E-state index contributed by atoms with van der Waals surface area (Å²) in [5.41, 5.74) is 4.81. The number of thioether (sulfide) groups is 1. The van der Waals surface area contributed by atoms with Gasteiger partial charge in [0.05, 0.1) is 0 Å². The average molecular weight is 331 g/mol. The van der Waals surface area contributed by atoms with Gasteiger partial charge < -0.3 is 10.5 Å². The third-order valence-electron chi connectivity index (χ3n) is 2.37. The zero-order valence-corrected chi connectivity index (χ0v) is 13.0. The van der Waals surface area contributed by atoms with Crippen LogP contribution in [0, 0.1) is 0 Å². The van der Waals surface area contributed by atoms with Gasteiger partial charge in [0.15, 0.2) is 6.10 Å². The number of primary amides is 1. The minimum absolute atomic E-state index is 0.519. The molecule has 0 aliphatic carbocycles. The summed E-state index contributed by atoms with van der Waals surface area (Å²) in [6.45, 7) is 3.01. The number of halogens is 1. The molecule has 0 aliphatic rings. The predicted molar refractivity (Wildman–Crippen MR) is 80.1 cm³/mol. The molecule has 0 aliphatic heterocycles. The van der Waals surface area contributed by atoms with Crippen molar-refractivity contribution in [2.45, 2.75) is 30.1 Å². The predicted octanol–water partition coefficient (Wildman–Crippen LogP) is 1.95. The topological polar surface area (TPSA) is 98.5 Å². The number of benzene rings is 1. The first kappa shape index (κ1) is 17.3. The zero-order valence-electron chi connectivity index (χ0n) is 11.5. The average Bonchev–Trinajstić information content (AvgIpc) is 2.40. The van der Waals surface area contributed by atoms with Crippen molar-refractivity contribution in [3.8, 4) is 0 Å². The van der Waals surface area contributed by atoms with Gasteiger partial charge in [0.2, 0.25) is 0 Å². The van der Waals surface area contributed by atoms with Crippen molar-refractivity contribution in [1.82, 2.24) is 5.32 Å². The minimum atomic E-state index is -1.10. The van der Waals surface area contributed by atoms with Crippen molar-refractivity contribution in [3.05, 3.63) is 29.3 Å². The van der Waals surface area contributed by atoms with Crippen LogP contribution in [0.3, 0.4) is 0 Å². The monoisotopic (exact) mass is 330 g/mol. The summed E-state index contributed by atoms with van der Waals surface area (Å²) in [6, 6.07) is 5.99. The minimum Gasteiger partial charge on any atom is -0.452 e. The van der Waals surface area contributed by atoms with Gasteiger partial charge in [-0.1, -0.05) is 11.6 Å². The smallest absolute Gasteiger partial charge is 0.319 e. The summed E-state index contributed by atoms with van der Waals surface area (Å²) < 4.78 is 4.97. The number of hydrogen-bond acceptors (Lipinski definition) is 5. The number of carbonyl (C=O) groups is 3. The molecular formula is C13H15ClN2O4S. The summed E-state index contributed by atoms with van der Waals surface area (Å²) in [5, 5.41) is 1.93. The maximum atomic E-state index is 11.8. The van der Waals surface area contributed by atoms with Gasteiger partial charge in [0.1, 0.15) is 5.25 Å². The van der Waals surface area contributed by atoms with E-state index in [1.54, 1.807) is 31.2 Å². The van der Waals surface area contributed by atoms with Crippen LogP contribution in [0.1, 0.15) is 13.8 Å². The van der Waals surface area contributed by atoms with Gasteiger partial charge in [0, 0.05) is 9.92 Å². The fourth-order valence-electron chi connectivity index (χ4n) is 1.31. The van der Waals surface area contributed by atoms with Crippen LogP contribution in [0.25, 0.3) is 0 Å². The fourth-order valence-corrected chi connectivity index (χ4v) is 2.29. The second-order valence-corrected chi connectivity index (χ2v) is 6.00. The van der Waals surface area contributed by atoms with Crippen LogP contribution in [0.5, 0.6) is 0 Å². The molecule has 2 atom stereocenters. The largest absolute Gasteiger partial charge is 0.452 e. The van der Waals surface area contributed by atoms with Crippen molar-refractivity contribution in [2.24, 2.45) is 5.73 Å². The lowest BCUT2D eigenvalue weighted by atomic mass is 10.3. The number of urea groups is 1. The van der Waals surface area contributed by atoms with E-state index in [1.807, 2.05) is 5.32 Å². The third-order valence-corrected chi connectivity index (χ3v) is 3.71. The quantitative estimate of drug-likeness (QED) is 0.635. The fraction of sp³-hybridized carbons (Fsp3) is 0.308. The Kier molecular flexibility index (Phi) is 6.51. The van der Waals surface area contributed by atoms with Gasteiger partial charge in [-0.25, -0.2) is 4.79 Å². The molecular weight excluding hydrogens is 316 g/mol. The normalized spacial score (nSPS) is 13.1. The number of ether oxygens (including phenoxy) is 1. The molecule has 1 rings (SSSR count). The first-order valence-corrected chi connectivity index (χ1v) is 7.28. The number of imide groups is 1. The lowest BCUT2D eigenvalue weighted by Gasteiger charge is -2.15. The van der Waals surface area contributed by atoms with Crippen LogP contribution in [-0.4, -0.2) is 29.3 Å². The van der Waals surface area contributed by atoms with E-state index in [9.17, 15) is 14.4 Å². The summed E-state index contributed by atoms with van der Waals surface area (Å²) >= 11 is 7.04. The van der Waals surface area contributed by atoms with Crippen LogP contribution >= 0.6 is 23.4 Å². The molecule has 1 aromatic rings. The lowest BCUT2D eigenvalue weighted by molar-refractivity contribution is -0.153. The Bertz CT molecular complexity index is 535. The van der Waals surface area contributed by atoms with E-state index in [2.05, 4.69) is 0 Å². The van der Waals surface area contributed by atoms with Crippen molar-refractivity contribution < 1.29 is 19.1 Å². The maximum absolute atomic E-state index is 11.8. The number of carbonyl (C=O) groups excluding carboxylic acids is 3. The molecule has 0 saturated heterocycles. The second-order valence-electron chi connectivity index (χ2n) is 4.15. The number of nitrogens with one attached hydrogen (secondary N) is 1. The molecule has 0 fully saturated rings. The zero-order chi connectivity index (χ0) is 16.0. The van der Waals surface area contributed by atoms with Crippen molar-refractivity contribution >= 4 is 41.3 Å². The van der Waals surface area contributed by atoms with E-state index >= 15 is 0 Å². The maximum Gasteiger partial charge on any atom is 0.319 e. The molecule has 0 unspecified atom stereocenters. The van der Waals surface area contributed by atoms with Crippen molar-refractivity contribution in [2.75, 3.05) is 0 Å². The van der Waals surface area contributed by atoms with Crippen LogP contribution in [0.4, 0.5) is 4.79 Å². The third kappa shape index (κ3) is 6.05. The van der Waals surface area contributed by atoms with E-state index in [0.29, 0.717) is 5.02 Å². The molecule has 0 heterocycles. The van der Waals surface area contributed by atoms with Crippen LogP contribution in [0.2, 0.25) is 5.02 Å². The van der Waals surface area contributed by atoms with Crippen molar-refractivity contribution in [1.29, 1.82) is 0 Å². The van der Waals surface area contributed by atoms with Crippen molar-refractivity contribution in [3.63, 3.8) is 0 Å². The molecule has 3 N–H and O–H groups in total. The number of amides is 3. The molecule has 3 amide bonds. The summed E-state index contributed by atoms with van der Waals surface area (Å²) in [5.74, 6) is -1.33. The summed E-state index contributed by atoms with van der Waals surface area (Å²) in [7, 11) is 0. The van der Waals surface area contributed by atoms with E-state index in [4.69, 9.17) is 22.1 Å². The Balaban J connectivity index is 2.52. The summed E-state index contributed by atoms with van der Waals surface area (Å²) in [4.78, 5) is 34.6. The SMILES string of the molecule is C[C@@H](OC(=O)[C@@H](C)Sc1ccc(Cl)cc1)C(=O)NC(N)=O. The highest BCUT2D eigenvalue weighted by atomic mass is 35.5. The standard InChI is InChI=1S/C13H15ClN2O4S/c1-7(11(17)16-13(15)19)20-12(18)8(2)21-10-5-3-9(14)4-6-10/h3-8H,1-2H3,(H3,15,16,17,19)/t7-,8-/m1/s1. The highest BCUT2D eigenvalue weighted by molar-refractivity contribution is 8.00. The van der Waals surface area contributed by atoms with Crippen LogP contribution < -0.4 is 11.1 Å². The highest BCUT2D eigenvalue weighted by Crippen LogP contribution is 2.25. The molecule has 0 bridgehead atoms. The Morgan fingerprint density at radius 2 is 1.81 bits per heavy atom. The Labute approximate surface area is 131 Å². The molecule has 21 heavy (non-hydrogen) atoms. The molecule has 0 radical (unpaired) electrons. The molecule has 8 heteroatoms. The van der Waals surface area contributed by atoms with Gasteiger partial charge in [-0.2, -0.15) is 0 Å². The first-order valence-electron chi connectivity index (χ1n) is 6.02. The number of rotatable bonds is 5. The molecule has 6 nitrogen and oxygen atoms in total. The van der Waals surface area contributed by atoms with E-state index in [0.717, 1.165) is 4.90 Å². The number of nitrogens with two attached hydrogens (primary N) is 1. The highest BCUT2D eigenvalue weighted by Gasteiger charge is 2.23. The van der Waals surface area contributed by atoms with Gasteiger partial charge in [0.25, 0.3) is 5.91 Å². The Hall–Kier alpha value is -1.73. The van der Waals surface area contributed by atoms with Crippen LogP contribution in [-0.2, 0) is 14.3 Å². The Morgan fingerprint density at radius 1 is 1.24 bits per heavy atom. The second kappa shape index (κ2) is 7.90. The van der Waals surface area contributed by atoms with Crippen LogP contribution in [0.15, 0.2) is 29.2 Å². The van der Waals surface area contributed by atoms with E-state index < -0.39 is 29.3 Å². The molecule has 114 valence electrons. The lowest BCUT2D eigenvalue weighted by Crippen LogP contribution is -2.42. The summed E-state index contributed by atoms with van der Waals surface area (Å²) in [6.07, 6.45) is -1.10. The Morgan fingerprint density at radius 3 is 2.33 bits per heavy atom. The van der Waals surface area contributed by atoms with E-state index in [-0.39, 0.29) is 0 Å². The first-order chi connectivity index (χ1) is 9.79. The number of esters is 1. The number of hydrogen-bond donors (Lipinski definition) is 2. The van der Waals surface area contributed by atoms with E-state index in [1.165, 1.54) is 18.7 Å². The molecule has 0 aromatic heterocycles. The van der Waals surface area contributed by atoms with Gasteiger partial charge in [-0.3, -0.25) is 14.9 Å². The molecule has 1 aromatic carbocycles. The van der Waals surface area contributed by atoms with Gasteiger partial charge in [-0.05, 0) is 38.1 Å². The van der Waals surface area contributed by atoms with Gasteiger partial charge in [-0.15, -0.1) is 11.8 Å².